The normalized spacial score (nSPS) is 10.8. The number of amides is 1. The number of anilines is 1. The van der Waals surface area contributed by atoms with E-state index >= 15 is 0 Å². The Morgan fingerprint density at radius 1 is 0.971 bits per heavy atom. The Morgan fingerprint density at radius 3 is 2.41 bits per heavy atom. The summed E-state index contributed by atoms with van der Waals surface area (Å²) in [5.74, 6) is 8.79. The number of hydrogen-bond acceptors (Lipinski definition) is 7. The minimum atomic E-state index is -0.182. The molecule has 3 aromatic carbocycles. The Labute approximate surface area is 202 Å². The third-order valence-electron chi connectivity index (χ3n) is 4.58. The van der Waals surface area contributed by atoms with Gasteiger partial charge < -0.3 is 20.6 Å². The van der Waals surface area contributed by atoms with Crippen molar-refractivity contribution in [1.29, 1.82) is 0 Å². The molecule has 0 aliphatic heterocycles. The quantitative estimate of drug-likeness (QED) is 0.260. The molecule has 174 valence electrons. The minimum absolute atomic E-state index is 0.0585. The maximum Gasteiger partial charge on any atom is 0.234 e. The van der Waals surface area contributed by atoms with Crippen LogP contribution in [0.15, 0.2) is 84.0 Å². The second kappa shape index (κ2) is 10.8. The number of ether oxygens (including phenoxy) is 2. The van der Waals surface area contributed by atoms with Gasteiger partial charge in [-0.15, -0.1) is 10.2 Å². The van der Waals surface area contributed by atoms with E-state index in [9.17, 15) is 4.79 Å². The molecule has 0 radical (unpaired) electrons. The average Bonchev–Trinajstić information content (AvgIpc) is 3.20. The van der Waals surface area contributed by atoms with E-state index in [-0.39, 0.29) is 17.8 Å². The summed E-state index contributed by atoms with van der Waals surface area (Å²) < 4.78 is 12.9. The highest BCUT2D eigenvalue weighted by atomic mass is 32.2. The zero-order valence-corrected chi connectivity index (χ0v) is 19.7. The zero-order valence-electron chi connectivity index (χ0n) is 18.8. The smallest absolute Gasteiger partial charge is 0.234 e. The number of thioether (sulfide) groups is 1. The van der Waals surface area contributed by atoms with Gasteiger partial charge in [-0.05, 0) is 62.4 Å². The van der Waals surface area contributed by atoms with E-state index in [2.05, 4.69) is 15.5 Å². The van der Waals surface area contributed by atoms with E-state index in [0.29, 0.717) is 22.4 Å². The van der Waals surface area contributed by atoms with E-state index in [1.807, 2.05) is 68.4 Å². The number of carbonyl (C=O) groups is 1. The van der Waals surface area contributed by atoms with Crippen LogP contribution in [0.4, 0.5) is 5.69 Å². The summed E-state index contributed by atoms with van der Waals surface area (Å²) in [7, 11) is 0. The van der Waals surface area contributed by atoms with Gasteiger partial charge in [-0.25, -0.2) is 4.68 Å². The van der Waals surface area contributed by atoms with E-state index in [1.54, 1.807) is 24.3 Å². The van der Waals surface area contributed by atoms with Crippen LogP contribution in [0.1, 0.15) is 13.8 Å². The van der Waals surface area contributed by atoms with Crippen LogP contribution in [0.5, 0.6) is 17.2 Å². The molecule has 34 heavy (non-hydrogen) atoms. The number of benzene rings is 3. The van der Waals surface area contributed by atoms with Crippen molar-refractivity contribution >= 4 is 23.4 Å². The number of nitrogen functional groups attached to an aromatic ring is 1. The van der Waals surface area contributed by atoms with Gasteiger partial charge in [-0.2, -0.15) is 0 Å². The predicted molar refractivity (Wildman–Crippen MR) is 134 cm³/mol. The minimum Gasteiger partial charge on any atom is -0.491 e. The molecule has 8 nitrogen and oxygen atoms in total. The van der Waals surface area contributed by atoms with E-state index in [0.717, 1.165) is 17.1 Å². The van der Waals surface area contributed by atoms with Crippen molar-refractivity contribution in [3.05, 3.63) is 78.9 Å². The van der Waals surface area contributed by atoms with Crippen molar-refractivity contribution in [3.8, 4) is 28.6 Å². The standard InChI is InChI=1S/C25H25N5O3S/c1-17(2)32-22-10-6-7-18(15-22)24-28-29-25(30(24)26)34-16-23(31)27-19-11-13-21(14-12-19)33-20-8-4-3-5-9-20/h3-15,17H,16,26H2,1-2H3,(H,27,31). The molecule has 9 heteroatoms. The number of hydrogen-bond donors (Lipinski definition) is 2. The summed E-state index contributed by atoms with van der Waals surface area (Å²) >= 11 is 1.21. The molecule has 1 amide bonds. The molecule has 1 heterocycles. The van der Waals surface area contributed by atoms with E-state index in [1.165, 1.54) is 16.4 Å². The largest absolute Gasteiger partial charge is 0.491 e. The molecule has 0 aliphatic carbocycles. The lowest BCUT2D eigenvalue weighted by Gasteiger charge is -2.10. The van der Waals surface area contributed by atoms with Crippen molar-refractivity contribution < 1.29 is 14.3 Å². The molecule has 1 aromatic heterocycles. The molecule has 0 unspecified atom stereocenters. The molecule has 0 spiro atoms. The fraction of sp³-hybridized carbons (Fsp3) is 0.160. The highest BCUT2D eigenvalue weighted by molar-refractivity contribution is 7.99. The van der Waals surface area contributed by atoms with Crippen molar-refractivity contribution in [2.24, 2.45) is 0 Å². The molecule has 0 bridgehead atoms. The number of rotatable bonds is 9. The molecule has 4 aromatic rings. The van der Waals surface area contributed by atoms with Gasteiger partial charge in [-0.1, -0.05) is 42.1 Å². The van der Waals surface area contributed by atoms with Crippen molar-refractivity contribution in [2.45, 2.75) is 25.1 Å². The molecule has 4 rings (SSSR count). The summed E-state index contributed by atoms with van der Waals surface area (Å²) in [6.07, 6.45) is 0.0585. The fourth-order valence-electron chi connectivity index (χ4n) is 3.11. The van der Waals surface area contributed by atoms with Crippen LogP contribution in [0, 0.1) is 0 Å². The van der Waals surface area contributed by atoms with Gasteiger partial charge in [0.15, 0.2) is 5.82 Å². The van der Waals surface area contributed by atoms with Gasteiger partial charge in [0.05, 0.1) is 11.9 Å². The lowest BCUT2D eigenvalue weighted by molar-refractivity contribution is -0.113. The summed E-state index contributed by atoms with van der Waals surface area (Å²) in [6, 6.07) is 24.2. The van der Waals surface area contributed by atoms with Gasteiger partial charge in [0.25, 0.3) is 0 Å². The van der Waals surface area contributed by atoms with Crippen molar-refractivity contribution in [1.82, 2.24) is 14.9 Å². The summed E-state index contributed by atoms with van der Waals surface area (Å²) in [6.45, 7) is 3.93. The van der Waals surface area contributed by atoms with Crippen molar-refractivity contribution in [2.75, 3.05) is 16.9 Å². The number of aromatic nitrogens is 3. The SMILES string of the molecule is CC(C)Oc1cccc(-c2nnc(SCC(=O)Nc3ccc(Oc4ccccc4)cc3)n2N)c1. The number of carbonyl (C=O) groups excluding carboxylic acids is 1. The highest BCUT2D eigenvalue weighted by Gasteiger charge is 2.15. The molecule has 0 fully saturated rings. The van der Waals surface area contributed by atoms with Gasteiger partial charge in [0.1, 0.15) is 17.2 Å². The Morgan fingerprint density at radius 2 is 1.68 bits per heavy atom. The number of nitrogens with one attached hydrogen (secondary N) is 1. The first-order valence-electron chi connectivity index (χ1n) is 10.7. The zero-order chi connectivity index (χ0) is 23.9. The third-order valence-corrected chi connectivity index (χ3v) is 5.52. The fourth-order valence-corrected chi connectivity index (χ4v) is 3.77. The maximum atomic E-state index is 12.4. The topological polar surface area (TPSA) is 104 Å². The first kappa shape index (κ1) is 23.2. The molecular formula is C25H25N5O3S. The Kier molecular flexibility index (Phi) is 7.34. The Balaban J connectivity index is 1.33. The molecule has 0 atom stereocenters. The molecule has 0 saturated heterocycles. The van der Waals surface area contributed by atoms with Crippen LogP contribution < -0.4 is 20.6 Å². The van der Waals surface area contributed by atoms with Gasteiger partial charge in [-0.3, -0.25) is 4.79 Å². The first-order chi connectivity index (χ1) is 16.5. The third kappa shape index (κ3) is 6.08. The van der Waals surface area contributed by atoms with Crippen LogP contribution >= 0.6 is 11.8 Å². The molecule has 3 N–H and O–H groups in total. The second-order valence-corrected chi connectivity index (χ2v) is 8.59. The van der Waals surface area contributed by atoms with Crippen molar-refractivity contribution in [3.63, 3.8) is 0 Å². The Bertz CT molecular complexity index is 1240. The lowest BCUT2D eigenvalue weighted by atomic mass is 10.2. The van der Waals surface area contributed by atoms with E-state index < -0.39 is 0 Å². The monoisotopic (exact) mass is 475 g/mol. The summed E-state index contributed by atoms with van der Waals surface area (Å²) in [4.78, 5) is 12.4. The van der Waals surface area contributed by atoms with Crippen LogP contribution in [0.25, 0.3) is 11.4 Å². The van der Waals surface area contributed by atoms with Gasteiger partial charge in [0, 0.05) is 11.3 Å². The van der Waals surface area contributed by atoms with Gasteiger partial charge in [0.2, 0.25) is 11.1 Å². The average molecular weight is 476 g/mol. The lowest BCUT2D eigenvalue weighted by Crippen LogP contribution is -2.16. The molecule has 0 aliphatic rings. The Hall–Kier alpha value is -3.98. The number of nitrogens with two attached hydrogens (primary N) is 1. The van der Waals surface area contributed by atoms with Crippen LogP contribution in [-0.4, -0.2) is 32.6 Å². The number of nitrogens with zero attached hydrogens (tertiary/aromatic N) is 3. The highest BCUT2D eigenvalue weighted by Crippen LogP contribution is 2.26. The van der Waals surface area contributed by atoms with Gasteiger partial charge >= 0.3 is 0 Å². The molecule has 0 saturated carbocycles. The maximum absolute atomic E-state index is 12.4. The number of para-hydroxylation sites is 1. The first-order valence-corrected chi connectivity index (χ1v) is 11.7. The predicted octanol–water partition coefficient (Wildman–Crippen LogP) is 4.97. The molecular weight excluding hydrogens is 450 g/mol. The summed E-state index contributed by atoms with van der Waals surface area (Å²) in [5, 5.41) is 11.6. The summed E-state index contributed by atoms with van der Waals surface area (Å²) in [5.41, 5.74) is 1.45. The van der Waals surface area contributed by atoms with E-state index in [4.69, 9.17) is 15.3 Å². The van der Waals surface area contributed by atoms with Crippen LogP contribution in [0.3, 0.4) is 0 Å². The van der Waals surface area contributed by atoms with Crippen LogP contribution in [-0.2, 0) is 4.79 Å². The van der Waals surface area contributed by atoms with Crippen LogP contribution in [0.2, 0.25) is 0 Å². The second-order valence-electron chi connectivity index (χ2n) is 7.65.